The second kappa shape index (κ2) is 5.08. The van der Waals surface area contributed by atoms with Crippen LogP contribution in [0.1, 0.15) is 26.3 Å². The van der Waals surface area contributed by atoms with Crippen LogP contribution in [-0.4, -0.2) is 18.8 Å². The maximum absolute atomic E-state index is 11.6. The molecule has 0 unspecified atom stereocenters. The summed E-state index contributed by atoms with van der Waals surface area (Å²) in [6.45, 7) is 7.35. The molecule has 1 N–H and O–H groups in total. The molecule has 0 saturated heterocycles. The highest BCUT2D eigenvalue weighted by molar-refractivity contribution is 5.86. The molecule has 0 saturated carbocycles. The van der Waals surface area contributed by atoms with Crippen molar-refractivity contribution in [2.75, 3.05) is 12.4 Å². The van der Waals surface area contributed by atoms with Crippen LogP contribution in [0.2, 0.25) is 0 Å². The standard InChI is InChI=1S/C13H19NO3/c1-9-10(7-6-8-11(9)16-5)14-12(15)17-13(2,3)4/h6-8H,1-5H3,(H,14,15). The average Bonchev–Trinajstić information content (AvgIpc) is 2.18. The number of ether oxygens (including phenoxy) is 2. The van der Waals surface area contributed by atoms with Crippen molar-refractivity contribution in [3.05, 3.63) is 23.8 Å². The van der Waals surface area contributed by atoms with Gasteiger partial charge in [-0.3, -0.25) is 5.32 Å². The Morgan fingerprint density at radius 1 is 1.29 bits per heavy atom. The molecule has 0 bridgehead atoms. The Balaban J connectivity index is 2.79. The maximum Gasteiger partial charge on any atom is 0.412 e. The van der Waals surface area contributed by atoms with Gasteiger partial charge < -0.3 is 9.47 Å². The number of anilines is 1. The highest BCUT2D eigenvalue weighted by Crippen LogP contribution is 2.25. The first-order chi connectivity index (χ1) is 7.83. The molecule has 4 nitrogen and oxygen atoms in total. The second-order valence-corrected chi connectivity index (χ2v) is 4.76. The summed E-state index contributed by atoms with van der Waals surface area (Å²) in [5, 5.41) is 2.70. The van der Waals surface area contributed by atoms with E-state index in [2.05, 4.69) is 5.32 Å². The largest absolute Gasteiger partial charge is 0.496 e. The van der Waals surface area contributed by atoms with Crippen LogP contribution in [0.4, 0.5) is 10.5 Å². The van der Waals surface area contributed by atoms with Crippen LogP contribution < -0.4 is 10.1 Å². The molecule has 0 aliphatic heterocycles. The Morgan fingerprint density at radius 2 is 1.94 bits per heavy atom. The van der Waals surface area contributed by atoms with Crippen molar-refractivity contribution in [1.82, 2.24) is 0 Å². The summed E-state index contributed by atoms with van der Waals surface area (Å²) in [5.41, 5.74) is 1.07. The van der Waals surface area contributed by atoms with Gasteiger partial charge >= 0.3 is 6.09 Å². The topological polar surface area (TPSA) is 47.6 Å². The van der Waals surface area contributed by atoms with Gasteiger partial charge in [0.05, 0.1) is 12.8 Å². The monoisotopic (exact) mass is 237 g/mol. The molecule has 0 atom stereocenters. The van der Waals surface area contributed by atoms with E-state index in [0.29, 0.717) is 5.69 Å². The van der Waals surface area contributed by atoms with Crippen molar-refractivity contribution in [2.45, 2.75) is 33.3 Å². The van der Waals surface area contributed by atoms with Crippen molar-refractivity contribution < 1.29 is 14.3 Å². The maximum atomic E-state index is 11.6. The van der Waals surface area contributed by atoms with E-state index in [1.807, 2.05) is 45.9 Å². The summed E-state index contributed by atoms with van der Waals surface area (Å²) < 4.78 is 10.4. The minimum Gasteiger partial charge on any atom is -0.496 e. The fraction of sp³-hybridized carbons (Fsp3) is 0.462. The number of hydrogen-bond donors (Lipinski definition) is 1. The third kappa shape index (κ3) is 3.98. The van der Waals surface area contributed by atoms with E-state index < -0.39 is 11.7 Å². The number of benzene rings is 1. The molecule has 0 fully saturated rings. The van der Waals surface area contributed by atoms with E-state index in [4.69, 9.17) is 9.47 Å². The van der Waals surface area contributed by atoms with Gasteiger partial charge in [-0.1, -0.05) is 6.07 Å². The van der Waals surface area contributed by atoms with Crippen LogP contribution in [0, 0.1) is 6.92 Å². The van der Waals surface area contributed by atoms with Gasteiger partial charge in [0.25, 0.3) is 0 Å². The predicted molar refractivity (Wildman–Crippen MR) is 67.6 cm³/mol. The number of carbonyl (C=O) groups is 1. The lowest BCUT2D eigenvalue weighted by Crippen LogP contribution is -2.27. The summed E-state index contributed by atoms with van der Waals surface area (Å²) in [6.07, 6.45) is -0.464. The summed E-state index contributed by atoms with van der Waals surface area (Å²) in [5.74, 6) is 0.735. The molecule has 4 heteroatoms. The molecular weight excluding hydrogens is 218 g/mol. The number of amides is 1. The second-order valence-electron chi connectivity index (χ2n) is 4.76. The third-order valence-electron chi connectivity index (χ3n) is 2.14. The molecule has 0 aliphatic carbocycles. The lowest BCUT2D eigenvalue weighted by atomic mass is 10.2. The molecule has 0 spiro atoms. The van der Waals surface area contributed by atoms with Crippen molar-refractivity contribution in [1.29, 1.82) is 0 Å². The molecule has 1 aromatic rings. The fourth-order valence-corrected chi connectivity index (χ4v) is 1.38. The van der Waals surface area contributed by atoms with Gasteiger partial charge in [-0.2, -0.15) is 0 Å². The Labute approximate surface area is 102 Å². The van der Waals surface area contributed by atoms with Crippen LogP contribution in [-0.2, 0) is 4.74 Å². The third-order valence-corrected chi connectivity index (χ3v) is 2.14. The lowest BCUT2D eigenvalue weighted by Gasteiger charge is -2.20. The van der Waals surface area contributed by atoms with Crippen molar-refractivity contribution in [3.63, 3.8) is 0 Å². The Morgan fingerprint density at radius 3 is 2.47 bits per heavy atom. The molecule has 1 amide bonds. The van der Waals surface area contributed by atoms with E-state index in [1.54, 1.807) is 7.11 Å². The number of hydrogen-bond acceptors (Lipinski definition) is 3. The van der Waals surface area contributed by atoms with E-state index >= 15 is 0 Å². The predicted octanol–water partition coefficient (Wildman–Crippen LogP) is 3.35. The smallest absolute Gasteiger partial charge is 0.412 e. The number of carbonyl (C=O) groups excluding carboxylic acids is 1. The molecule has 1 aromatic carbocycles. The van der Waals surface area contributed by atoms with Gasteiger partial charge in [-0.25, -0.2) is 4.79 Å². The SMILES string of the molecule is COc1cccc(NC(=O)OC(C)(C)C)c1C. The van der Waals surface area contributed by atoms with Crippen LogP contribution in [0.15, 0.2) is 18.2 Å². The quantitative estimate of drug-likeness (QED) is 0.858. The zero-order valence-corrected chi connectivity index (χ0v) is 11.0. The van der Waals surface area contributed by atoms with E-state index in [-0.39, 0.29) is 0 Å². The number of nitrogens with one attached hydrogen (secondary N) is 1. The fourth-order valence-electron chi connectivity index (χ4n) is 1.38. The first-order valence-electron chi connectivity index (χ1n) is 5.47. The zero-order chi connectivity index (χ0) is 13.1. The Bertz CT molecular complexity index is 408. The van der Waals surface area contributed by atoms with E-state index in [0.717, 1.165) is 11.3 Å². The van der Waals surface area contributed by atoms with Crippen molar-refractivity contribution >= 4 is 11.8 Å². The molecule has 94 valence electrons. The molecule has 0 aromatic heterocycles. The van der Waals surface area contributed by atoms with Crippen LogP contribution in [0.25, 0.3) is 0 Å². The minimum absolute atomic E-state index is 0.464. The number of methoxy groups -OCH3 is 1. The van der Waals surface area contributed by atoms with Crippen LogP contribution in [0.3, 0.4) is 0 Å². The van der Waals surface area contributed by atoms with E-state index in [1.165, 1.54) is 0 Å². The molecule has 0 heterocycles. The summed E-state index contributed by atoms with van der Waals surface area (Å²) >= 11 is 0. The van der Waals surface area contributed by atoms with E-state index in [9.17, 15) is 4.79 Å². The average molecular weight is 237 g/mol. The Hall–Kier alpha value is -1.71. The molecule has 17 heavy (non-hydrogen) atoms. The Kier molecular flexibility index (Phi) is 3.99. The van der Waals surface area contributed by atoms with Gasteiger partial charge in [-0.05, 0) is 39.8 Å². The van der Waals surface area contributed by atoms with Crippen molar-refractivity contribution in [3.8, 4) is 5.75 Å². The zero-order valence-electron chi connectivity index (χ0n) is 11.0. The molecular formula is C13H19NO3. The highest BCUT2D eigenvalue weighted by atomic mass is 16.6. The van der Waals surface area contributed by atoms with Gasteiger partial charge in [-0.15, -0.1) is 0 Å². The van der Waals surface area contributed by atoms with Gasteiger partial charge in [0, 0.05) is 5.56 Å². The van der Waals surface area contributed by atoms with Gasteiger partial charge in [0.1, 0.15) is 11.4 Å². The normalized spacial score (nSPS) is 10.9. The highest BCUT2D eigenvalue weighted by Gasteiger charge is 2.17. The summed E-state index contributed by atoms with van der Waals surface area (Å²) in [4.78, 5) is 11.6. The molecule has 0 aliphatic rings. The summed E-state index contributed by atoms with van der Waals surface area (Å²) in [7, 11) is 1.60. The van der Waals surface area contributed by atoms with Crippen LogP contribution >= 0.6 is 0 Å². The molecule has 1 rings (SSSR count). The molecule has 0 radical (unpaired) electrons. The van der Waals surface area contributed by atoms with Crippen molar-refractivity contribution in [2.24, 2.45) is 0 Å². The lowest BCUT2D eigenvalue weighted by molar-refractivity contribution is 0.0636. The summed E-state index contributed by atoms with van der Waals surface area (Å²) in [6, 6.07) is 5.47. The van der Waals surface area contributed by atoms with Gasteiger partial charge in [0.2, 0.25) is 0 Å². The van der Waals surface area contributed by atoms with Gasteiger partial charge in [0.15, 0.2) is 0 Å². The van der Waals surface area contributed by atoms with Crippen LogP contribution in [0.5, 0.6) is 5.75 Å². The first kappa shape index (κ1) is 13.4. The minimum atomic E-state index is -0.503. The number of rotatable bonds is 2. The first-order valence-corrected chi connectivity index (χ1v) is 5.47.